The molecule has 1 atom stereocenters. The van der Waals surface area contributed by atoms with Gasteiger partial charge in [-0.2, -0.15) is 5.10 Å². The lowest BCUT2D eigenvalue weighted by Gasteiger charge is -2.28. The Bertz CT molecular complexity index is 1640. The fraction of sp³-hybridized carbons (Fsp3) is 0.367. The van der Waals surface area contributed by atoms with Gasteiger partial charge in [-0.3, -0.25) is 9.48 Å². The minimum Gasteiger partial charge on any atom is -0.402 e. The maximum absolute atomic E-state index is 13.6. The Morgan fingerprint density at radius 3 is 2.68 bits per heavy atom. The van der Waals surface area contributed by atoms with E-state index in [1.807, 2.05) is 51.0 Å². The molecule has 0 saturated carbocycles. The van der Waals surface area contributed by atoms with Crippen LogP contribution in [0.25, 0.3) is 21.8 Å². The number of carbonyl (C=O) groups is 1. The molecule has 0 saturated heterocycles. The summed E-state index contributed by atoms with van der Waals surface area (Å²) >= 11 is 0. The fourth-order valence-electron chi connectivity index (χ4n) is 5.52. The van der Waals surface area contributed by atoms with Crippen molar-refractivity contribution in [2.24, 2.45) is 7.05 Å². The molecule has 4 aromatic rings. The number of nitrogens with two attached hydrogens (primary N) is 1. The Morgan fingerprint density at radius 2 is 1.95 bits per heavy atom. The van der Waals surface area contributed by atoms with E-state index in [0.717, 1.165) is 40.2 Å². The summed E-state index contributed by atoms with van der Waals surface area (Å²) in [5, 5.41) is 5.99. The average Bonchev–Trinajstić information content (AvgIpc) is 3.44. The third-order valence-corrected chi connectivity index (χ3v) is 8.12. The third kappa shape index (κ3) is 4.92. The first kappa shape index (κ1) is 26.0. The third-order valence-electron chi connectivity index (χ3n) is 7.00. The number of pyridine rings is 1. The molecule has 1 amide bonds. The van der Waals surface area contributed by atoms with Crippen molar-refractivity contribution in [1.82, 2.24) is 19.7 Å². The van der Waals surface area contributed by atoms with Crippen LogP contribution in [-0.4, -0.2) is 46.5 Å². The van der Waals surface area contributed by atoms with E-state index >= 15 is 0 Å². The molecule has 8 heteroatoms. The van der Waals surface area contributed by atoms with Crippen molar-refractivity contribution in [2.45, 2.75) is 58.0 Å². The summed E-state index contributed by atoms with van der Waals surface area (Å²) in [6, 6.07) is 12.0. The lowest BCUT2D eigenvalue weighted by atomic mass is 10.0. The predicted molar refractivity (Wildman–Crippen MR) is 155 cm³/mol. The zero-order valence-corrected chi connectivity index (χ0v) is 24.2. The lowest BCUT2D eigenvalue weighted by molar-refractivity contribution is 0.0730. The molecule has 2 aromatic heterocycles. The summed E-state index contributed by atoms with van der Waals surface area (Å²) in [6.45, 7) is 10.6. The first-order valence-electron chi connectivity index (χ1n) is 13.0. The minimum atomic E-state index is -1.69. The predicted octanol–water partition coefficient (Wildman–Crippen LogP) is 5.44. The number of aryl methyl sites for hydroxylation is 2. The molecule has 2 N–H and O–H groups in total. The van der Waals surface area contributed by atoms with Crippen molar-refractivity contribution in [1.29, 1.82) is 0 Å². The Hall–Kier alpha value is -3.67. The zero-order chi connectivity index (χ0) is 27.4. The quantitative estimate of drug-likeness (QED) is 0.283. The Balaban J connectivity index is 1.40. The van der Waals surface area contributed by atoms with Crippen LogP contribution in [0.2, 0.25) is 19.6 Å². The molecule has 1 aliphatic carbocycles. The Labute approximate surface area is 225 Å². The van der Waals surface area contributed by atoms with Crippen LogP contribution in [0.3, 0.4) is 0 Å². The van der Waals surface area contributed by atoms with Gasteiger partial charge in [0.25, 0.3) is 5.91 Å². The van der Waals surface area contributed by atoms with E-state index in [4.69, 9.17) is 10.2 Å². The van der Waals surface area contributed by atoms with Gasteiger partial charge >= 0.3 is 0 Å². The normalized spacial score (nSPS) is 15.4. The van der Waals surface area contributed by atoms with Crippen LogP contribution in [0, 0.1) is 11.8 Å². The van der Waals surface area contributed by atoms with Gasteiger partial charge in [0, 0.05) is 30.6 Å². The molecule has 1 aliphatic rings. The highest BCUT2D eigenvalue weighted by Crippen LogP contribution is 2.37. The maximum Gasteiger partial charge on any atom is 0.254 e. The minimum absolute atomic E-state index is 0.0168. The second-order valence-corrected chi connectivity index (χ2v) is 16.0. The highest BCUT2D eigenvalue weighted by atomic mass is 28.4. The van der Waals surface area contributed by atoms with Gasteiger partial charge in [-0.15, -0.1) is 0 Å². The number of benzene rings is 2. The molecule has 0 fully saturated rings. The van der Waals surface area contributed by atoms with Gasteiger partial charge in [-0.1, -0.05) is 17.9 Å². The van der Waals surface area contributed by atoms with E-state index in [1.165, 1.54) is 11.1 Å². The summed E-state index contributed by atoms with van der Waals surface area (Å²) in [5.74, 6) is 7.04. The van der Waals surface area contributed by atoms with Gasteiger partial charge in [0.05, 0.1) is 28.7 Å². The molecule has 0 bridgehead atoms. The van der Waals surface area contributed by atoms with Crippen molar-refractivity contribution in [3.63, 3.8) is 0 Å². The molecule has 2 heterocycles. The van der Waals surface area contributed by atoms with Crippen LogP contribution < -0.4 is 5.73 Å². The van der Waals surface area contributed by atoms with E-state index in [9.17, 15) is 4.79 Å². The van der Waals surface area contributed by atoms with Gasteiger partial charge < -0.3 is 15.1 Å². The molecule has 38 heavy (non-hydrogen) atoms. The monoisotopic (exact) mass is 525 g/mol. The number of nitrogen functional groups attached to an aromatic ring is 1. The number of anilines is 1. The number of aromatic nitrogens is 3. The Morgan fingerprint density at radius 1 is 1.18 bits per heavy atom. The topological polar surface area (TPSA) is 86.3 Å². The highest BCUT2D eigenvalue weighted by Gasteiger charge is 2.30. The number of nitrogens with zero attached hydrogens (tertiary/aromatic N) is 4. The number of fused-ring (bicyclic) bond motifs is 4. The molecule has 0 aliphatic heterocycles. The number of hydrogen-bond acceptors (Lipinski definition) is 5. The standard InChI is InChI=1S/C30H35N5O2Si/c1-30(2,37-38(5,6)7)15-14-19-8-11-22-20(16-19)10-13-26(22)34(3)29(36)21-9-12-25-23(17-21)27-24(28(31)33-25)18-32-35(27)4/h8-9,11-12,16-18,26H,10,13H2,1-7H3,(H2,31,33). The van der Waals surface area contributed by atoms with E-state index in [0.29, 0.717) is 11.4 Å². The molecule has 1 unspecified atom stereocenters. The molecule has 196 valence electrons. The first-order chi connectivity index (χ1) is 17.8. The summed E-state index contributed by atoms with van der Waals surface area (Å²) in [6.07, 6.45) is 3.51. The second-order valence-electron chi connectivity index (χ2n) is 11.6. The SMILES string of the molecule is CN(C(=O)c1ccc2nc(N)c3cnn(C)c3c2c1)C1CCc2cc(C#CC(C)(C)O[Si](C)(C)C)ccc21. The van der Waals surface area contributed by atoms with Crippen LogP contribution in [0.15, 0.2) is 42.6 Å². The van der Waals surface area contributed by atoms with Crippen LogP contribution in [0.4, 0.5) is 5.82 Å². The number of hydrogen-bond donors (Lipinski definition) is 1. The average molecular weight is 526 g/mol. The molecular formula is C30H35N5O2Si. The second kappa shape index (κ2) is 9.26. The van der Waals surface area contributed by atoms with Gasteiger partial charge in [-0.05, 0) is 87.8 Å². The van der Waals surface area contributed by atoms with Gasteiger partial charge in [0.15, 0.2) is 8.32 Å². The molecule has 7 nitrogen and oxygen atoms in total. The van der Waals surface area contributed by atoms with E-state index in [2.05, 4.69) is 59.8 Å². The van der Waals surface area contributed by atoms with Crippen LogP contribution in [0.1, 0.15) is 53.4 Å². The molecule has 2 aromatic carbocycles. The summed E-state index contributed by atoms with van der Waals surface area (Å²) in [7, 11) is 2.07. The number of rotatable bonds is 4. The van der Waals surface area contributed by atoms with Crippen LogP contribution >= 0.6 is 0 Å². The van der Waals surface area contributed by atoms with Gasteiger partial charge in [-0.25, -0.2) is 4.98 Å². The van der Waals surface area contributed by atoms with Gasteiger partial charge in [0.1, 0.15) is 11.4 Å². The van der Waals surface area contributed by atoms with Crippen molar-refractivity contribution in [2.75, 3.05) is 12.8 Å². The smallest absolute Gasteiger partial charge is 0.254 e. The van der Waals surface area contributed by atoms with Crippen molar-refractivity contribution in [3.05, 3.63) is 64.8 Å². The number of carbonyl (C=O) groups excluding carboxylic acids is 1. The summed E-state index contributed by atoms with van der Waals surface area (Å²) in [4.78, 5) is 20.0. The van der Waals surface area contributed by atoms with Gasteiger partial charge in [0.2, 0.25) is 0 Å². The largest absolute Gasteiger partial charge is 0.402 e. The van der Waals surface area contributed by atoms with Crippen LogP contribution in [0.5, 0.6) is 0 Å². The molecule has 0 spiro atoms. The molecular weight excluding hydrogens is 490 g/mol. The maximum atomic E-state index is 13.6. The van der Waals surface area contributed by atoms with E-state index < -0.39 is 13.9 Å². The fourth-order valence-corrected chi connectivity index (χ4v) is 7.11. The van der Waals surface area contributed by atoms with E-state index in [-0.39, 0.29) is 11.9 Å². The summed E-state index contributed by atoms with van der Waals surface area (Å²) < 4.78 is 8.00. The Kier molecular flexibility index (Phi) is 6.32. The van der Waals surface area contributed by atoms with E-state index in [1.54, 1.807) is 10.9 Å². The van der Waals surface area contributed by atoms with Crippen LogP contribution in [-0.2, 0) is 17.9 Å². The lowest BCUT2D eigenvalue weighted by Crippen LogP contribution is -2.37. The number of amides is 1. The van der Waals surface area contributed by atoms with Crippen molar-refractivity contribution in [3.8, 4) is 11.8 Å². The summed E-state index contributed by atoms with van der Waals surface area (Å²) in [5.41, 5.74) is 11.3. The first-order valence-corrected chi connectivity index (χ1v) is 16.4. The molecule has 5 rings (SSSR count). The van der Waals surface area contributed by atoms with Crippen molar-refractivity contribution < 1.29 is 9.22 Å². The molecule has 0 radical (unpaired) electrons. The van der Waals surface area contributed by atoms with Crippen molar-refractivity contribution >= 4 is 41.8 Å². The zero-order valence-electron chi connectivity index (χ0n) is 23.2. The highest BCUT2D eigenvalue weighted by molar-refractivity contribution is 6.69.